The number of hydrogen-bond donors (Lipinski definition) is 2. The van der Waals surface area contributed by atoms with Crippen molar-refractivity contribution in [1.29, 1.82) is 5.26 Å². The van der Waals surface area contributed by atoms with Crippen LogP contribution < -0.4 is 10.6 Å². The molecule has 2 N–H and O–H groups in total. The average molecular weight is 539 g/mol. The van der Waals surface area contributed by atoms with Gasteiger partial charge in [0.25, 0.3) is 5.91 Å². The van der Waals surface area contributed by atoms with E-state index in [0.717, 1.165) is 25.7 Å². The summed E-state index contributed by atoms with van der Waals surface area (Å²) in [5.74, 6) is -0.246. The van der Waals surface area contributed by atoms with Crippen molar-refractivity contribution in [2.24, 2.45) is 5.92 Å². The van der Waals surface area contributed by atoms with Gasteiger partial charge in [-0.1, -0.05) is 62.4 Å². The minimum absolute atomic E-state index is 0.0386. The van der Waals surface area contributed by atoms with Gasteiger partial charge in [-0.2, -0.15) is 9.57 Å². The van der Waals surface area contributed by atoms with E-state index in [4.69, 9.17) is 4.74 Å². The molecule has 1 saturated heterocycles. The summed E-state index contributed by atoms with van der Waals surface area (Å²) >= 11 is 0. The first-order valence-electron chi connectivity index (χ1n) is 13.1. The van der Waals surface area contributed by atoms with E-state index < -0.39 is 22.2 Å². The molecule has 2 fully saturated rings. The lowest BCUT2D eigenvalue weighted by Gasteiger charge is -2.33. The van der Waals surface area contributed by atoms with Crippen LogP contribution in [0.3, 0.4) is 0 Å². The maximum atomic E-state index is 13.3. The molecule has 38 heavy (non-hydrogen) atoms. The van der Waals surface area contributed by atoms with E-state index in [1.165, 1.54) is 22.9 Å². The monoisotopic (exact) mass is 538 g/mol. The highest BCUT2D eigenvalue weighted by molar-refractivity contribution is 7.89. The van der Waals surface area contributed by atoms with Crippen LogP contribution in [0.1, 0.15) is 54.4 Å². The van der Waals surface area contributed by atoms with Gasteiger partial charge in [0.15, 0.2) is 0 Å². The third-order valence-corrected chi connectivity index (χ3v) is 9.11. The lowest BCUT2D eigenvalue weighted by molar-refractivity contribution is -0.124. The van der Waals surface area contributed by atoms with Gasteiger partial charge in [0, 0.05) is 25.2 Å². The van der Waals surface area contributed by atoms with Crippen molar-refractivity contribution in [1.82, 2.24) is 14.9 Å². The quantitative estimate of drug-likeness (QED) is 0.505. The van der Waals surface area contributed by atoms with E-state index in [1.807, 2.05) is 12.1 Å². The molecule has 1 saturated carbocycles. The molecule has 0 bridgehead atoms. The van der Waals surface area contributed by atoms with Crippen molar-refractivity contribution < 1.29 is 22.7 Å². The van der Waals surface area contributed by atoms with Crippen LogP contribution in [-0.2, 0) is 19.6 Å². The molecule has 2 aromatic carbocycles. The summed E-state index contributed by atoms with van der Waals surface area (Å²) in [5, 5.41) is 15.1. The van der Waals surface area contributed by atoms with Gasteiger partial charge in [0.05, 0.1) is 23.2 Å². The Morgan fingerprint density at radius 1 is 1.05 bits per heavy atom. The Labute approximate surface area is 224 Å². The van der Waals surface area contributed by atoms with Gasteiger partial charge < -0.3 is 15.4 Å². The van der Waals surface area contributed by atoms with Crippen LogP contribution in [0.2, 0.25) is 0 Å². The molecule has 0 aromatic heterocycles. The van der Waals surface area contributed by atoms with Crippen LogP contribution >= 0.6 is 0 Å². The molecular weight excluding hydrogens is 504 g/mol. The molecule has 4 rings (SSSR count). The van der Waals surface area contributed by atoms with Crippen LogP contribution in [-0.4, -0.2) is 62.9 Å². The summed E-state index contributed by atoms with van der Waals surface area (Å²) in [5.41, 5.74) is 0.576. The van der Waals surface area contributed by atoms with E-state index in [2.05, 4.69) is 10.6 Å². The van der Waals surface area contributed by atoms with E-state index in [9.17, 15) is 23.3 Å². The normalized spacial score (nSPS) is 19.7. The van der Waals surface area contributed by atoms with E-state index >= 15 is 0 Å². The van der Waals surface area contributed by atoms with Gasteiger partial charge in [0.2, 0.25) is 15.9 Å². The van der Waals surface area contributed by atoms with Crippen LogP contribution in [0.25, 0.3) is 0 Å². The van der Waals surface area contributed by atoms with Crippen molar-refractivity contribution in [2.45, 2.75) is 55.6 Å². The number of rotatable bonds is 9. The molecule has 2 aliphatic rings. The maximum Gasteiger partial charge on any atom is 0.251 e. The Kier molecular flexibility index (Phi) is 9.50. The first-order chi connectivity index (χ1) is 18.4. The van der Waals surface area contributed by atoms with Crippen molar-refractivity contribution in [2.75, 3.05) is 26.2 Å². The van der Waals surface area contributed by atoms with E-state index in [0.29, 0.717) is 17.9 Å². The van der Waals surface area contributed by atoms with Crippen LogP contribution in [0.15, 0.2) is 59.5 Å². The average Bonchev–Trinajstić information content (AvgIpc) is 2.96. The van der Waals surface area contributed by atoms with Crippen molar-refractivity contribution in [3.8, 4) is 6.07 Å². The summed E-state index contributed by atoms with van der Waals surface area (Å²) < 4.78 is 33.5. The number of morpholine rings is 1. The Balaban J connectivity index is 1.40. The minimum atomic E-state index is -3.90. The predicted molar refractivity (Wildman–Crippen MR) is 142 cm³/mol. The van der Waals surface area contributed by atoms with Crippen molar-refractivity contribution >= 4 is 21.8 Å². The standard InChI is InChI=1S/C28H34N4O5S/c29-18-23-13-7-8-14-26(23)38(35,36)32-15-16-37-24(20-32)19-30-28(34)25(17-21-9-3-1-4-10-21)31-27(33)22-11-5-2-6-12-22/h2,5-8,11-14,21,24-25H,1,3-4,9-10,15-17,19-20H2,(H,30,34)(H,31,33)/t24?,25-/m0/s1. The zero-order chi connectivity index (χ0) is 27.0. The number of amides is 2. The second-order valence-corrected chi connectivity index (χ2v) is 11.7. The number of carbonyl (C=O) groups is 2. The number of carbonyl (C=O) groups excluding carboxylic acids is 2. The fourth-order valence-electron chi connectivity index (χ4n) is 5.11. The zero-order valence-corrected chi connectivity index (χ0v) is 22.2. The number of hydrogen-bond acceptors (Lipinski definition) is 6. The molecule has 9 nitrogen and oxygen atoms in total. The molecule has 0 spiro atoms. The molecule has 1 aliphatic carbocycles. The van der Waals surface area contributed by atoms with Gasteiger partial charge in [0.1, 0.15) is 12.1 Å². The van der Waals surface area contributed by atoms with Gasteiger partial charge in [-0.25, -0.2) is 8.42 Å². The molecule has 2 amide bonds. The molecule has 0 radical (unpaired) electrons. The van der Waals surface area contributed by atoms with Crippen molar-refractivity contribution in [3.05, 3.63) is 65.7 Å². The summed E-state index contributed by atoms with van der Waals surface area (Å²) in [6, 6.07) is 16.1. The SMILES string of the molecule is N#Cc1ccccc1S(=O)(=O)N1CCOC(CNC(=O)[C@H](CC2CCCCC2)NC(=O)c2ccccc2)C1. The van der Waals surface area contributed by atoms with E-state index in [1.54, 1.807) is 36.4 Å². The first kappa shape index (κ1) is 27.8. The van der Waals surface area contributed by atoms with Crippen LogP contribution in [0.4, 0.5) is 0 Å². The fraction of sp³-hybridized carbons (Fsp3) is 0.464. The summed E-state index contributed by atoms with van der Waals surface area (Å²) in [6.07, 6.45) is 5.52. The first-order valence-corrected chi connectivity index (χ1v) is 14.6. The highest BCUT2D eigenvalue weighted by Gasteiger charge is 2.33. The van der Waals surface area contributed by atoms with Crippen LogP contribution in [0, 0.1) is 17.2 Å². The fourth-order valence-corrected chi connectivity index (χ4v) is 6.71. The number of ether oxygens (including phenoxy) is 1. The number of nitrogens with zero attached hydrogens (tertiary/aromatic N) is 2. The Morgan fingerprint density at radius 3 is 2.50 bits per heavy atom. The largest absolute Gasteiger partial charge is 0.374 e. The smallest absolute Gasteiger partial charge is 0.251 e. The molecule has 1 heterocycles. The molecule has 1 aliphatic heterocycles. The lowest BCUT2D eigenvalue weighted by atomic mass is 9.84. The molecular formula is C28H34N4O5S. The van der Waals surface area contributed by atoms with Crippen molar-refractivity contribution in [3.63, 3.8) is 0 Å². The van der Waals surface area contributed by atoms with Crippen LogP contribution in [0.5, 0.6) is 0 Å². The maximum absolute atomic E-state index is 13.3. The number of nitrogens with one attached hydrogen (secondary N) is 2. The predicted octanol–water partition coefficient (Wildman–Crippen LogP) is 2.83. The van der Waals surface area contributed by atoms with Gasteiger partial charge >= 0.3 is 0 Å². The number of nitriles is 1. The molecule has 2 aromatic rings. The lowest BCUT2D eigenvalue weighted by Crippen LogP contribution is -2.53. The Hall–Kier alpha value is -3.26. The molecule has 10 heteroatoms. The van der Waals surface area contributed by atoms with Gasteiger partial charge in [-0.05, 0) is 36.6 Å². The summed E-state index contributed by atoms with van der Waals surface area (Å²) in [4.78, 5) is 26.1. The Morgan fingerprint density at radius 2 is 1.76 bits per heavy atom. The third kappa shape index (κ3) is 6.98. The minimum Gasteiger partial charge on any atom is -0.374 e. The number of sulfonamides is 1. The second kappa shape index (κ2) is 13.0. The highest BCUT2D eigenvalue weighted by Crippen LogP contribution is 2.27. The molecule has 2 atom stereocenters. The molecule has 202 valence electrons. The topological polar surface area (TPSA) is 129 Å². The Bertz CT molecular complexity index is 1260. The summed E-state index contributed by atoms with van der Waals surface area (Å²) in [6.45, 7) is 0.480. The highest BCUT2D eigenvalue weighted by atomic mass is 32.2. The van der Waals surface area contributed by atoms with Gasteiger partial charge in [-0.3, -0.25) is 9.59 Å². The summed E-state index contributed by atoms with van der Waals surface area (Å²) in [7, 11) is -3.90. The zero-order valence-electron chi connectivity index (χ0n) is 21.3. The van der Waals surface area contributed by atoms with E-state index in [-0.39, 0.29) is 48.5 Å². The second-order valence-electron chi connectivity index (χ2n) is 9.84. The number of benzene rings is 2. The molecule has 1 unspecified atom stereocenters. The third-order valence-electron chi connectivity index (χ3n) is 7.18. The van der Waals surface area contributed by atoms with Gasteiger partial charge in [-0.15, -0.1) is 0 Å².